The summed E-state index contributed by atoms with van der Waals surface area (Å²) in [7, 11) is 0. The molecule has 0 heterocycles. The van der Waals surface area contributed by atoms with E-state index in [1.807, 2.05) is 0 Å². The van der Waals surface area contributed by atoms with Gasteiger partial charge in [0.25, 0.3) is 0 Å². The van der Waals surface area contributed by atoms with Gasteiger partial charge in [-0.2, -0.15) is 4.89 Å². The van der Waals surface area contributed by atoms with Crippen LogP contribution in [0, 0.1) is 0 Å². The fourth-order valence-electron chi connectivity index (χ4n) is 0.927. The van der Waals surface area contributed by atoms with E-state index in [0.717, 1.165) is 0 Å². The molecule has 1 aromatic carbocycles. The lowest BCUT2D eigenvalue weighted by Gasteiger charge is -2.07. The molecule has 0 amide bonds. The molecule has 0 aromatic heterocycles. The first-order valence-electron chi connectivity index (χ1n) is 4.54. The van der Waals surface area contributed by atoms with Gasteiger partial charge in [0, 0.05) is 0 Å². The lowest BCUT2D eigenvalue weighted by molar-refractivity contribution is -0.334. The van der Waals surface area contributed by atoms with Gasteiger partial charge in [0.15, 0.2) is 0 Å². The second kappa shape index (κ2) is 5.94. The molecule has 1 unspecified atom stereocenters. The third-order valence-corrected chi connectivity index (χ3v) is 1.76. The Bertz CT molecular complexity index is 398. The Labute approximate surface area is 95.8 Å². The number of carbonyl (C=O) groups excluding carboxylic acids is 1. The van der Waals surface area contributed by atoms with Gasteiger partial charge in [-0.05, 0) is 24.3 Å². The Hall–Kier alpha value is -1.96. The van der Waals surface area contributed by atoms with Crippen LogP contribution in [0.1, 0.15) is 20.7 Å². The molecule has 0 saturated heterocycles. The van der Waals surface area contributed by atoms with Gasteiger partial charge in [-0.25, -0.2) is 9.59 Å². The maximum absolute atomic E-state index is 11.3. The minimum Gasteiger partial charge on any atom is -0.478 e. The average molecular weight is 242 g/mol. The van der Waals surface area contributed by atoms with E-state index in [-0.39, 0.29) is 11.1 Å². The van der Waals surface area contributed by atoms with E-state index < -0.39 is 24.8 Å². The highest BCUT2D eigenvalue weighted by Gasteiger charge is 2.12. The largest absolute Gasteiger partial charge is 0.478 e. The van der Waals surface area contributed by atoms with E-state index in [2.05, 4.69) is 9.78 Å². The number of aliphatic hydroxyl groups is 2. The standard InChI is InChI=1S/C10H10O7/c11-5-8(12)16-17-10(15)7-3-1-6(2-4-7)9(13)14/h1-4,8,11-12H,5H2,(H,13,14). The van der Waals surface area contributed by atoms with Gasteiger partial charge in [-0.15, -0.1) is 0 Å². The lowest BCUT2D eigenvalue weighted by Crippen LogP contribution is -2.19. The Kier molecular flexibility index (Phi) is 4.58. The normalized spacial score (nSPS) is 11.9. The van der Waals surface area contributed by atoms with E-state index in [1.54, 1.807) is 0 Å². The summed E-state index contributed by atoms with van der Waals surface area (Å²) >= 11 is 0. The molecule has 1 atom stereocenters. The first-order chi connectivity index (χ1) is 8.04. The van der Waals surface area contributed by atoms with Crippen LogP contribution in [0.2, 0.25) is 0 Å². The summed E-state index contributed by atoms with van der Waals surface area (Å²) in [5.41, 5.74) is 0.0815. The van der Waals surface area contributed by atoms with Crippen molar-refractivity contribution in [2.24, 2.45) is 0 Å². The van der Waals surface area contributed by atoms with Crippen LogP contribution in [0.4, 0.5) is 0 Å². The molecule has 92 valence electrons. The Balaban J connectivity index is 2.61. The van der Waals surface area contributed by atoms with Crippen molar-refractivity contribution in [3.05, 3.63) is 35.4 Å². The fourth-order valence-corrected chi connectivity index (χ4v) is 0.927. The monoisotopic (exact) mass is 242 g/mol. The highest BCUT2D eigenvalue weighted by molar-refractivity contribution is 5.92. The topological polar surface area (TPSA) is 113 Å². The van der Waals surface area contributed by atoms with Crippen molar-refractivity contribution in [2.45, 2.75) is 6.29 Å². The van der Waals surface area contributed by atoms with Crippen LogP contribution in [0.5, 0.6) is 0 Å². The summed E-state index contributed by atoms with van der Waals surface area (Å²) in [6, 6.07) is 4.92. The van der Waals surface area contributed by atoms with Crippen molar-refractivity contribution in [3.8, 4) is 0 Å². The first kappa shape index (κ1) is 13.1. The van der Waals surface area contributed by atoms with Gasteiger partial charge >= 0.3 is 11.9 Å². The van der Waals surface area contributed by atoms with Crippen LogP contribution >= 0.6 is 0 Å². The molecule has 0 aliphatic carbocycles. The molecule has 17 heavy (non-hydrogen) atoms. The maximum Gasteiger partial charge on any atom is 0.373 e. The smallest absolute Gasteiger partial charge is 0.373 e. The number of carbonyl (C=O) groups is 2. The van der Waals surface area contributed by atoms with Crippen LogP contribution in [0.3, 0.4) is 0 Å². The Morgan fingerprint density at radius 1 is 1.18 bits per heavy atom. The predicted octanol–water partition coefficient (Wildman–Crippen LogP) is -0.216. The molecule has 0 saturated carbocycles. The average Bonchev–Trinajstić information content (AvgIpc) is 2.35. The first-order valence-corrected chi connectivity index (χ1v) is 4.54. The number of hydrogen-bond donors (Lipinski definition) is 3. The summed E-state index contributed by atoms with van der Waals surface area (Å²) < 4.78 is 0. The van der Waals surface area contributed by atoms with Crippen molar-refractivity contribution < 1.29 is 34.7 Å². The molecule has 7 heteroatoms. The van der Waals surface area contributed by atoms with Gasteiger partial charge in [-0.3, -0.25) is 4.89 Å². The van der Waals surface area contributed by atoms with E-state index >= 15 is 0 Å². The Morgan fingerprint density at radius 2 is 1.71 bits per heavy atom. The van der Waals surface area contributed by atoms with Crippen molar-refractivity contribution in [3.63, 3.8) is 0 Å². The Morgan fingerprint density at radius 3 is 2.18 bits per heavy atom. The van der Waals surface area contributed by atoms with Crippen LogP contribution in [-0.2, 0) is 9.78 Å². The molecule has 0 radical (unpaired) electrons. The van der Waals surface area contributed by atoms with E-state index in [4.69, 9.17) is 15.3 Å². The molecule has 0 fully saturated rings. The fraction of sp³-hybridized carbons (Fsp3) is 0.200. The minimum atomic E-state index is -1.61. The third-order valence-electron chi connectivity index (χ3n) is 1.76. The zero-order valence-corrected chi connectivity index (χ0v) is 8.57. The second-order valence-corrected chi connectivity index (χ2v) is 2.99. The third kappa shape index (κ3) is 3.83. The summed E-state index contributed by atoms with van der Waals surface area (Å²) in [6.07, 6.45) is -1.61. The van der Waals surface area contributed by atoms with Crippen molar-refractivity contribution in [1.82, 2.24) is 0 Å². The van der Waals surface area contributed by atoms with E-state index in [0.29, 0.717) is 0 Å². The highest BCUT2D eigenvalue weighted by Crippen LogP contribution is 2.06. The number of aromatic carboxylic acids is 1. The van der Waals surface area contributed by atoms with Crippen LogP contribution in [0.25, 0.3) is 0 Å². The van der Waals surface area contributed by atoms with Crippen molar-refractivity contribution >= 4 is 11.9 Å². The van der Waals surface area contributed by atoms with Gasteiger partial charge in [0.2, 0.25) is 6.29 Å². The number of rotatable bonds is 5. The quantitative estimate of drug-likeness (QED) is 0.371. The van der Waals surface area contributed by atoms with Gasteiger partial charge < -0.3 is 15.3 Å². The van der Waals surface area contributed by atoms with E-state index in [9.17, 15) is 9.59 Å². The summed E-state index contributed by atoms with van der Waals surface area (Å²) in [4.78, 5) is 30.1. The summed E-state index contributed by atoms with van der Waals surface area (Å²) in [6.45, 7) is -0.717. The number of hydrogen-bond acceptors (Lipinski definition) is 6. The van der Waals surface area contributed by atoms with Crippen molar-refractivity contribution in [2.75, 3.05) is 6.61 Å². The molecule has 7 nitrogen and oxygen atoms in total. The molecule has 1 rings (SSSR count). The SMILES string of the molecule is O=C(O)c1ccc(C(=O)OOC(O)CO)cc1. The number of benzene rings is 1. The summed E-state index contributed by atoms with van der Waals surface area (Å²) in [5, 5.41) is 25.7. The van der Waals surface area contributed by atoms with Gasteiger partial charge in [0.1, 0.15) is 0 Å². The number of carboxylic acid groups (broad SMARTS) is 1. The van der Waals surface area contributed by atoms with Crippen LogP contribution in [0.15, 0.2) is 24.3 Å². The number of carboxylic acids is 1. The molecule has 0 aliphatic heterocycles. The predicted molar refractivity (Wildman–Crippen MR) is 53.0 cm³/mol. The number of aliphatic hydroxyl groups excluding tert-OH is 2. The van der Waals surface area contributed by atoms with Gasteiger partial charge in [0.05, 0.1) is 17.7 Å². The van der Waals surface area contributed by atoms with Gasteiger partial charge in [-0.1, -0.05) is 0 Å². The summed E-state index contributed by atoms with van der Waals surface area (Å²) in [5.74, 6) is -2.02. The molecule has 0 spiro atoms. The van der Waals surface area contributed by atoms with Crippen LogP contribution in [-0.4, -0.2) is 40.2 Å². The molecular weight excluding hydrogens is 232 g/mol. The van der Waals surface area contributed by atoms with Crippen LogP contribution < -0.4 is 0 Å². The zero-order valence-electron chi connectivity index (χ0n) is 8.57. The second-order valence-electron chi connectivity index (χ2n) is 2.99. The highest BCUT2D eigenvalue weighted by atomic mass is 17.2. The molecular formula is C10H10O7. The molecule has 0 aliphatic rings. The molecule has 3 N–H and O–H groups in total. The van der Waals surface area contributed by atoms with E-state index in [1.165, 1.54) is 24.3 Å². The zero-order chi connectivity index (χ0) is 12.8. The lowest BCUT2D eigenvalue weighted by atomic mass is 10.1. The maximum atomic E-state index is 11.3. The van der Waals surface area contributed by atoms with Crippen molar-refractivity contribution in [1.29, 1.82) is 0 Å². The molecule has 1 aromatic rings. The minimum absolute atomic E-state index is 0.0258. The molecule has 0 bridgehead atoms.